The van der Waals surface area contributed by atoms with Crippen molar-refractivity contribution >= 4 is 0 Å². The molecule has 0 saturated heterocycles. The monoisotopic (exact) mass is 194 g/mol. The maximum atomic E-state index is 4.17. The Kier molecular flexibility index (Phi) is 4.71. The summed E-state index contributed by atoms with van der Waals surface area (Å²) in [5.74, 6) is 0. The summed E-state index contributed by atoms with van der Waals surface area (Å²) >= 11 is 0. The molecule has 0 aromatic rings. The summed E-state index contributed by atoms with van der Waals surface area (Å²) in [6, 6.07) is 0. The average Bonchev–Trinajstić information content (AvgIpc) is 2.82. The molecule has 0 nitrogen and oxygen atoms in total. The van der Waals surface area contributed by atoms with Gasteiger partial charge in [-0.15, -0.1) is 0 Å². The van der Waals surface area contributed by atoms with Crippen LogP contribution < -0.4 is 0 Å². The van der Waals surface area contributed by atoms with Gasteiger partial charge in [0.25, 0.3) is 0 Å². The van der Waals surface area contributed by atoms with E-state index in [1.165, 1.54) is 57.8 Å². The van der Waals surface area contributed by atoms with Crippen molar-refractivity contribution in [3.05, 3.63) is 12.2 Å². The van der Waals surface area contributed by atoms with Gasteiger partial charge in [-0.3, -0.25) is 0 Å². The zero-order valence-electron chi connectivity index (χ0n) is 10.1. The van der Waals surface area contributed by atoms with E-state index in [1.54, 1.807) is 5.57 Å². The first-order valence-corrected chi connectivity index (χ1v) is 6.43. The zero-order chi connectivity index (χ0) is 10.4. The molecule has 0 unspecified atom stereocenters. The normalized spacial score (nSPS) is 25.4. The Morgan fingerprint density at radius 3 is 2.07 bits per heavy atom. The van der Waals surface area contributed by atoms with Gasteiger partial charge in [0.2, 0.25) is 0 Å². The summed E-state index contributed by atoms with van der Waals surface area (Å²) < 4.78 is 0. The molecular weight excluding hydrogens is 168 g/mol. The third-order valence-corrected chi connectivity index (χ3v) is 3.69. The summed E-state index contributed by atoms with van der Waals surface area (Å²) in [5, 5.41) is 0. The van der Waals surface area contributed by atoms with Crippen molar-refractivity contribution in [2.45, 2.75) is 71.6 Å². The molecule has 1 fully saturated rings. The molecule has 1 aliphatic rings. The smallest absolute Gasteiger partial charge is 0.00532 e. The van der Waals surface area contributed by atoms with Crippen LogP contribution in [0.3, 0.4) is 0 Å². The second kappa shape index (κ2) is 5.58. The molecule has 0 aromatic heterocycles. The zero-order valence-corrected chi connectivity index (χ0v) is 10.1. The second-order valence-corrected chi connectivity index (χ2v) is 4.97. The molecule has 1 saturated carbocycles. The summed E-state index contributed by atoms with van der Waals surface area (Å²) in [6.07, 6.45) is 12.5. The van der Waals surface area contributed by atoms with E-state index in [0.717, 1.165) is 0 Å². The minimum absolute atomic E-state index is 0.615. The third-order valence-electron chi connectivity index (χ3n) is 3.69. The van der Waals surface area contributed by atoms with Crippen molar-refractivity contribution < 1.29 is 0 Å². The van der Waals surface area contributed by atoms with Crippen LogP contribution in [0, 0.1) is 5.41 Å². The standard InChI is InChI=1S/C14H26/c1-4-6-8-9-11-14(10-7-5-2)12-13(14)3/h3-12H2,1-2H3/t14-/m0/s1. The van der Waals surface area contributed by atoms with Crippen LogP contribution in [-0.2, 0) is 0 Å². The summed E-state index contributed by atoms with van der Waals surface area (Å²) in [5.41, 5.74) is 2.16. The minimum Gasteiger partial charge on any atom is -0.0993 e. The van der Waals surface area contributed by atoms with E-state index >= 15 is 0 Å². The van der Waals surface area contributed by atoms with Gasteiger partial charge in [-0.25, -0.2) is 0 Å². The first-order chi connectivity index (χ1) is 6.75. The number of allylic oxidation sites excluding steroid dienone is 1. The molecule has 0 radical (unpaired) electrons. The third kappa shape index (κ3) is 3.15. The van der Waals surface area contributed by atoms with E-state index in [9.17, 15) is 0 Å². The molecule has 0 spiro atoms. The molecule has 0 amide bonds. The fourth-order valence-corrected chi connectivity index (χ4v) is 2.42. The molecular formula is C14H26. The van der Waals surface area contributed by atoms with Crippen LogP contribution in [0.2, 0.25) is 0 Å². The quantitative estimate of drug-likeness (QED) is 0.373. The largest absolute Gasteiger partial charge is 0.0993 e. The van der Waals surface area contributed by atoms with Gasteiger partial charge in [0.05, 0.1) is 0 Å². The van der Waals surface area contributed by atoms with Gasteiger partial charge in [0, 0.05) is 0 Å². The molecule has 0 heteroatoms. The molecule has 1 atom stereocenters. The fourth-order valence-electron chi connectivity index (χ4n) is 2.42. The van der Waals surface area contributed by atoms with Gasteiger partial charge in [0.1, 0.15) is 0 Å². The van der Waals surface area contributed by atoms with Crippen molar-refractivity contribution in [1.82, 2.24) is 0 Å². The van der Waals surface area contributed by atoms with Crippen LogP contribution in [0.5, 0.6) is 0 Å². The van der Waals surface area contributed by atoms with Crippen molar-refractivity contribution in [3.8, 4) is 0 Å². The fraction of sp³-hybridized carbons (Fsp3) is 0.857. The average molecular weight is 194 g/mol. The highest BCUT2D eigenvalue weighted by molar-refractivity contribution is 5.29. The molecule has 1 rings (SSSR count). The molecule has 0 aromatic carbocycles. The van der Waals surface area contributed by atoms with Gasteiger partial charge in [-0.2, -0.15) is 0 Å². The Labute approximate surface area is 89.8 Å². The Bertz CT molecular complexity index is 180. The summed E-state index contributed by atoms with van der Waals surface area (Å²) in [4.78, 5) is 0. The van der Waals surface area contributed by atoms with E-state index in [-0.39, 0.29) is 0 Å². The lowest BCUT2D eigenvalue weighted by molar-refractivity contribution is 0.411. The highest BCUT2D eigenvalue weighted by Gasteiger charge is 2.45. The van der Waals surface area contributed by atoms with Gasteiger partial charge >= 0.3 is 0 Å². The first-order valence-electron chi connectivity index (χ1n) is 6.43. The lowest BCUT2D eigenvalue weighted by atomic mass is 9.91. The summed E-state index contributed by atoms with van der Waals surface area (Å²) in [6.45, 7) is 8.74. The van der Waals surface area contributed by atoms with Crippen LogP contribution in [0.1, 0.15) is 71.6 Å². The van der Waals surface area contributed by atoms with E-state index in [1.807, 2.05) is 0 Å². The van der Waals surface area contributed by atoms with Gasteiger partial charge in [0.15, 0.2) is 0 Å². The lowest BCUT2D eigenvalue weighted by Crippen LogP contribution is -2.00. The van der Waals surface area contributed by atoms with Crippen LogP contribution in [0.4, 0.5) is 0 Å². The Hall–Kier alpha value is -0.260. The predicted octanol–water partition coefficient (Wildman–Crippen LogP) is 5.09. The maximum absolute atomic E-state index is 4.17. The Morgan fingerprint density at radius 1 is 1.00 bits per heavy atom. The highest BCUT2D eigenvalue weighted by Crippen LogP contribution is 2.58. The lowest BCUT2D eigenvalue weighted by Gasteiger charge is -2.13. The Balaban J connectivity index is 2.15. The number of hydrogen-bond donors (Lipinski definition) is 0. The van der Waals surface area contributed by atoms with Crippen LogP contribution in [0.15, 0.2) is 12.2 Å². The second-order valence-electron chi connectivity index (χ2n) is 4.97. The molecule has 1 aliphatic carbocycles. The highest BCUT2D eigenvalue weighted by atomic mass is 14.5. The van der Waals surface area contributed by atoms with E-state index in [4.69, 9.17) is 0 Å². The van der Waals surface area contributed by atoms with Gasteiger partial charge in [-0.1, -0.05) is 64.5 Å². The topological polar surface area (TPSA) is 0 Å². The molecule has 0 heterocycles. The van der Waals surface area contributed by atoms with Gasteiger partial charge < -0.3 is 0 Å². The van der Waals surface area contributed by atoms with E-state index in [0.29, 0.717) is 5.41 Å². The van der Waals surface area contributed by atoms with Crippen molar-refractivity contribution in [2.75, 3.05) is 0 Å². The SMILES string of the molecule is C=C1C[C@]1(CCCC)CCCCCC. The van der Waals surface area contributed by atoms with E-state index < -0.39 is 0 Å². The Morgan fingerprint density at radius 2 is 1.57 bits per heavy atom. The molecule has 82 valence electrons. The predicted molar refractivity (Wildman–Crippen MR) is 64.5 cm³/mol. The van der Waals surface area contributed by atoms with Crippen molar-refractivity contribution in [1.29, 1.82) is 0 Å². The van der Waals surface area contributed by atoms with Crippen LogP contribution >= 0.6 is 0 Å². The number of hydrogen-bond acceptors (Lipinski definition) is 0. The van der Waals surface area contributed by atoms with Crippen LogP contribution in [-0.4, -0.2) is 0 Å². The van der Waals surface area contributed by atoms with Gasteiger partial charge in [-0.05, 0) is 24.7 Å². The minimum atomic E-state index is 0.615. The molecule has 0 N–H and O–H groups in total. The first kappa shape index (κ1) is 11.8. The van der Waals surface area contributed by atoms with Crippen molar-refractivity contribution in [2.24, 2.45) is 5.41 Å². The number of unbranched alkanes of at least 4 members (excludes halogenated alkanes) is 4. The van der Waals surface area contributed by atoms with Crippen LogP contribution in [0.25, 0.3) is 0 Å². The molecule has 0 aliphatic heterocycles. The maximum Gasteiger partial charge on any atom is -0.00532 e. The summed E-state index contributed by atoms with van der Waals surface area (Å²) in [7, 11) is 0. The number of rotatable bonds is 8. The van der Waals surface area contributed by atoms with Crippen molar-refractivity contribution in [3.63, 3.8) is 0 Å². The molecule has 14 heavy (non-hydrogen) atoms. The molecule has 0 bridgehead atoms. The van der Waals surface area contributed by atoms with E-state index in [2.05, 4.69) is 20.4 Å².